The summed E-state index contributed by atoms with van der Waals surface area (Å²) in [5, 5.41) is 0. The fraction of sp³-hybridized carbons (Fsp3) is 0.694. The van der Waals surface area contributed by atoms with E-state index < -0.39 is 0 Å². The number of rotatable bonds is 23. The molecule has 0 spiro atoms. The highest BCUT2D eigenvalue weighted by Gasteiger charge is 2.21. The summed E-state index contributed by atoms with van der Waals surface area (Å²) in [6.07, 6.45) is 34.2. The van der Waals surface area contributed by atoms with Crippen LogP contribution in [0.1, 0.15) is 148 Å². The van der Waals surface area contributed by atoms with Crippen LogP contribution in [0.4, 0.5) is 0 Å². The first-order valence-corrected chi connectivity index (χ1v) is 17.1. The van der Waals surface area contributed by atoms with Gasteiger partial charge in [-0.3, -0.25) is 0 Å². The predicted octanol–water partition coefficient (Wildman–Crippen LogP) is 9.96. The number of nitrogens with one attached hydrogen (secondary N) is 1. The van der Waals surface area contributed by atoms with E-state index in [9.17, 15) is 0 Å². The number of aromatic amines is 1. The second-order valence-electron chi connectivity index (χ2n) is 12.2. The number of H-pyrrole nitrogens is 1. The molecule has 0 saturated carbocycles. The number of aryl methyl sites for hydroxylation is 3. The molecule has 3 heterocycles. The van der Waals surface area contributed by atoms with E-state index in [1.54, 1.807) is 0 Å². The molecule has 3 aromatic rings. The van der Waals surface area contributed by atoms with Crippen LogP contribution in [0.2, 0.25) is 0 Å². The quantitative estimate of drug-likeness (QED) is 0.0929. The van der Waals surface area contributed by atoms with Crippen molar-refractivity contribution in [3.63, 3.8) is 0 Å². The topological polar surface area (TPSA) is 36.4 Å². The molecule has 4 nitrogen and oxygen atoms in total. The minimum atomic E-state index is 0.993. The van der Waals surface area contributed by atoms with Gasteiger partial charge in [0.1, 0.15) is 17.6 Å². The van der Waals surface area contributed by atoms with Crippen molar-refractivity contribution in [1.82, 2.24) is 9.97 Å². The van der Waals surface area contributed by atoms with Gasteiger partial charge in [-0.05, 0) is 48.9 Å². The molecule has 3 aromatic heterocycles. The van der Waals surface area contributed by atoms with Crippen molar-refractivity contribution in [3.8, 4) is 11.4 Å². The SMILES string of the molecule is CCCCCCCCCCCC[n+]1ccc(C)c(-c2nc3c(ccc[n+]3CCCCCCCCCCCC)[nH]2)c1. The lowest BCUT2D eigenvalue weighted by molar-refractivity contribution is -0.697. The summed E-state index contributed by atoms with van der Waals surface area (Å²) in [5.74, 6) is 0.993. The van der Waals surface area contributed by atoms with E-state index in [0.717, 1.165) is 30.1 Å². The van der Waals surface area contributed by atoms with Gasteiger partial charge >= 0.3 is 5.65 Å². The van der Waals surface area contributed by atoms with Crippen LogP contribution >= 0.6 is 0 Å². The van der Waals surface area contributed by atoms with Gasteiger partial charge in [0, 0.05) is 12.5 Å². The Hall–Kier alpha value is -2.23. The summed E-state index contributed by atoms with van der Waals surface area (Å²) < 4.78 is 4.70. The van der Waals surface area contributed by atoms with Crippen LogP contribution in [-0.2, 0) is 13.1 Å². The highest BCUT2D eigenvalue weighted by atomic mass is 15.1. The molecule has 222 valence electrons. The van der Waals surface area contributed by atoms with Crippen LogP contribution in [0.25, 0.3) is 22.6 Å². The average Bonchev–Trinajstić information content (AvgIpc) is 3.41. The number of pyridine rings is 2. The number of nitrogens with zero attached hydrogens (tertiary/aromatic N) is 3. The number of hydrogen-bond acceptors (Lipinski definition) is 1. The Morgan fingerprint density at radius 3 is 1.73 bits per heavy atom. The standard InChI is InChI=1S/C36H59N4/c1-4-6-8-10-12-14-16-18-20-22-27-39-30-26-32(3)33(31-39)35-37-34-25-24-29-40(36(34)38-35)28-23-21-19-17-15-13-11-9-7-5-2/h24-26,29-31H,4-23,27-28H2,1-3H3/q+1/p+1. The summed E-state index contributed by atoms with van der Waals surface area (Å²) >= 11 is 0. The van der Waals surface area contributed by atoms with Crippen LogP contribution in [0.5, 0.6) is 0 Å². The van der Waals surface area contributed by atoms with Gasteiger partial charge in [0.05, 0.1) is 12.7 Å². The zero-order valence-corrected chi connectivity index (χ0v) is 26.4. The van der Waals surface area contributed by atoms with Crippen molar-refractivity contribution in [2.24, 2.45) is 0 Å². The molecule has 0 unspecified atom stereocenters. The molecule has 0 amide bonds. The first kappa shape index (κ1) is 32.3. The second kappa shape index (κ2) is 19.8. The van der Waals surface area contributed by atoms with Crippen molar-refractivity contribution in [2.75, 3.05) is 0 Å². The largest absolute Gasteiger partial charge is 0.349 e. The fourth-order valence-corrected chi connectivity index (χ4v) is 5.88. The minimum absolute atomic E-state index is 0.993. The van der Waals surface area contributed by atoms with E-state index in [4.69, 9.17) is 4.98 Å². The molecule has 4 heteroatoms. The van der Waals surface area contributed by atoms with E-state index >= 15 is 0 Å². The first-order chi connectivity index (χ1) is 19.7. The Bertz CT molecular complexity index is 1070. The van der Waals surface area contributed by atoms with Crippen molar-refractivity contribution in [3.05, 3.63) is 42.4 Å². The van der Waals surface area contributed by atoms with Gasteiger partial charge in [0.2, 0.25) is 0 Å². The van der Waals surface area contributed by atoms with E-state index in [0.29, 0.717) is 0 Å². The summed E-state index contributed by atoms with van der Waals surface area (Å²) in [7, 11) is 0. The molecule has 0 aliphatic heterocycles. The average molecular weight is 549 g/mol. The monoisotopic (exact) mass is 548 g/mol. The zero-order valence-electron chi connectivity index (χ0n) is 26.4. The summed E-state index contributed by atoms with van der Waals surface area (Å²) in [6.45, 7) is 8.92. The molecule has 0 radical (unpaired) electrons. The Kier molecular flexibility index (Phi) is 16.0. The smallest absolute Gasteiger partial charge is 0.311 e. The van der Waals surface area contributed by atoms with Crippen LogP contribution in [0.3, 0.4) is 0 Å². The first-order valence-electron chi connectivity index (χ1n) is 17.1. The van der Waals surface area contributed by atoms with Crippen molar-refractivity contribution >= 4 is 11.2 Å². The molecule has 0 saturated heterocycles. The number of fused-ring (bicyclic) bond motifs is 1. The molecule has 0 aliphatic carbocycles. The van der Waals surface area contributed by atoms with Crippen LogP contribution < -0.4 is 9.13 Å². The number of unbranched alkanes of at least 4 members (excludes halogenated alkanes) is 18. The lowest BCUT2D eigenvalue weighted by Gasteiger charge is -2.03. The third kappa shape index (κ3) is 11.7. The third-order valence-corrected chi connectivity index (χ3v) is 8.53. The lowest BCUT2D eigenvalue weighted by Crippen LogP contribution is -2.34. The maximum atomic E-state index is 5.10. The highest BCUT2D eigenvalue weighted by Crippen LogP contribution is 2.21. The van der Waals surface area contributed by atoms with Gasteiger partial charge < -0.3 is 4.98 Å². The van der Waals surface area contributed by atoms with Crippen molar-refractivity contribution in [1.29, 1.82) is 0 Å². The van der Waals surface area contributed by atoms with Gasteiger partial charge in [-0.1, -0.05) is 117 Å². The number of aromatic nitrogens is 4. The molecule has 1 N–H and O–H groups in total. The van der Waals surface area contributed by atoms with Crippen LogP contribution in [0, 0.1) is 6.92 Å². The van der Waals surface area contributed by atoms with Crippen LogP contribution in [0.15, 0.2) is 36.8 Å². The van der Waals surface area contributed by atoms with Crippen LogP contribution in [-0.4, -0.2) is 9.97 Å². The normalized spacial score (nSPS) is 11.6. The Morgan fingerprint density at radius 2 is 1.15 bits per heavy atom. The molecule has 0 aromatic carbocycles. The van der Waals surface area contributed by atoms with Gasteiger partial charge in [0.15, 0.2) is 12.4 Å². The molecule has 0 aliphatic rings. The molecule has 40 heavy (non-hydrogen) atoms. The van der Waals surface area contributed by atoms with Crippen molar-refractivity contribution < 1.29 is 9.13 Å². The molecule has 0 atom stereocenters. The Morgan fingerprint density at radius 1 is 0.625 bits per heavy atom. The maximum Gasteiger partial charge on any atom is 0.349 e. The highest BCUT2D eigenvalue weighted by molar-refractivity contribution is 5.73. The molecule has 3 rings (SSSR count). The Balaban J connectivity index is 1.44. The molecule has 0 bridgehead atoms. The van der Waals surface area contributed by atoms with Gasteiger partial charge in [0.25, 0.3) is 5.82 Å². The zero-order chi connectivity index (χ0) is 28.3. The summed E-state index contributed by atoms with van der Waals surface area (Å²) in [5.41, 5.74) is 4.71. The van der Waals surface area contributed by atoms with Gasteiger partial charge in [-0.15, -0.1) is 0 Å². The lowest BCUT2D eigenvalue weighted by atomic mass is 10.1. The molecular formula is C36H60N4+2. The molecule has 0 fully saturated rings. The maximum absolute atomic E-state index is 5.10. The Labute approximate surface area is 246 Å². The van der Waals surface area contributed by atoms with Gasteiger partial charge in [-0.2, -0.15) is 0 Å². The number of imidazole rings is 1. The van der Waals surface area contributed by atoms with E-state index in [1.165, 1.54) is 140 Å². The predicted molar refractivity (Wildman–Crippen MR) is 170 cm³/mol. The second-order valence-corrected chi connectivity index (χ2v) is 12.2. The fourth-order valence-electron chi connectivity index (χ4n) is 5.88. The summed E-state index contributed by atoms with van der Waals surface area (Å²) in [6, 6.07) is 6.57. The van der Waals surface area contributed by atoms with E-state index in [2.05, 4.69) is 71.7 Å². The van der Waals surface area contributed by atoms with E-state index in [-0.39, 0.29) is 0 Å². The van der Waals surface area contributed by atoms with Crippen molar-refractivity contribution in [2.45, 2.75) is 162 Å². The minimum Gasteiger partial charge on any atom is -0.311 e. The van der Waals surface area contributed by atoms with E-state index in [1.807, 2.05) is 0 Å². The third-order valence-electron chi connectivity index (χ3n) is 8.53. The molecular weight excluding hydrogens is 488 g/mol. The summed E-state index contributed by atoms with van der Waals surface area (Å²) in [4.78, 5) is 8.72. The van der Waals surface area contributed by atoms with Gasteiger partial charge in [-0.25, -0.2) is 9.13 Å². The number of hydrogen-bond donors (Lipinski definition) is 1.